The number of cyclic esters (lactones) is 1. The number of pyridine rings is 1. The van der Waals surface area contributed by atoms with Gasteiger partial charge in [0.15, 0.2) is 0 Å². The highest BCUT2D eigenvalue weighted by Gasteiger charge is 2.40. The lowest BCUT2D eigenvalue weighted by atomic mass is 9.84. The van der Waals surface area contributed by atoms with E-state index in [-0.39, 0.29) is 54.4 Å². The van der Waals surface area contributed by atoms with E-state index in [2.05, 4.69) is 95.8 Å². The second kappa shape index (κ2) is 21.5. The standard InChI is InChI=1S/C54H74N10O6S/c1-12-63-44-19-18-36-26-39(44)40(49(63)38-16-13-22-55-47(38)35(4)69-11)28-53(5,6)32-70-52(68)41-17-14-25-64(58-41)51(67)42(27-45-56-43(36)31-71-45)57-50(66)48(34(2)3)59(9)33-61-29-37(30-61)60(10)46(65)20-21-54(7,8)62-23-15-24-62/h13,16,18-19,22,26,31,34-35,37,41-42,48,58H,12,14-15,17,23-25,27-30,32-33H2,1-11H3,(H,57,66)/t35-,41-,42-,48-/m0/s1. The third kappa shape index (κ3) is 11.2. The first-order chi connectivity index (χ1) is 33.8. The number of aromatic nitrogens is 3. The van der Waals surface area contributed by atoms with Gasteiger partial charge in [0.1, 0.15) is 12.1 Å². The van der Waals surface area contributed by atoms with Crippen LogP contribution in [-0.2, 0) is 48.0 Å². The Balaban J connectivity index is 1.06. The van der Waals surface area contributed by atoms with E-state index >= 15 is 0 Å². The van der Waals surface area contributed by atoms with Crippen LogP contribution in [-0.4, -0.2) is 160 Å². The summed E-state index contributed by atoms with van der Waals surface area (Å²) in [7, 11) is 5.43. The van der Waals surface area contributed by atoms with Gasteiger partial charge in [-0.25, -0.2) is 10.4 Å². The molecule has 0 saturated carbocycles. The van der Waals surface area contributed by atoms with Crippen LogP contribution in [0, 0.1) is 23.2 Å². The molecule has 4 atom stereocenters. The number of likely N-dealkylation sites (N-methyl/N-ethyl adjacent to an activating group) is 2. The third-order valence-electron chi connectivity index (χ3n) is 14.9. The molecule has 16 nitrogen and oxygen atoms in total. The number of ether oxygens (including phenoxy) is 2. The Morgan fingerprint density at radius 2 is 1.86 bits per heavy atom. The van der Waals surface area contributed by atoms with E-state index < -0.39 is 29.5 Å². The lowest BCUT2D eigenvalue weighted by molar-refractivity contribution is -0.155. The number of rotatable bonds is 12. The number of carbonyl (C=O) groups is 4. The number of hydrogen-bond acceptors (Lipinski definition) is 13. The predicted molar refractivity (Wildman–Crippen MR) is 277 cm³/mol. The summed E-state index contributed by atoms with van der Waals surface area (Å²) in [5, 5.41) is 8.44. The molecule has 3 amide bonds. The van der Waals surface area contributed by atoms with Crippen LogP contribution >= 0.6 is 11.3 Å². The monoisotopic (exact) mass is 991 g/mol. The van der Waals surface area contributed by atoms with Gasteiger partial charge in [0.25, 0.3) is 11.8 Å². The Hall–Kier alpha value is -5.22. The largest absolute Gasteiger partial charge is 0.464 e. The number of hydrazine groups is 1. The van der Waals surface area contributed by atoms with Gasteiger partial charge in [0, 0.05) is 98.9 Å². The van der Waals surface area contributed by atoms with Crippen LogP contribution in [0.25, 0.3) is 33.4 Å². The zero-order valence-electron chi connectivity index (χ0n) is 43.6. The molecule has 4 aliphatic rings. The van der Waals surface area contributed by atoms with Crippen LogP contribution in [0.5, 0.6) is 0 Å². The summed E-state index contributed by atoms with van der Waals surface area (Å²) in [5.74, 6) is 4.76. The minimum Gasteiger partial charge on any atom is -0.464 e. The zero-order valence-corrected chi connectivity index (χ0v) is 44.4. The SMILES string of the molecule is CCn1c(-c2cccnc2[C@H](C)OC)c2c3cc(ccc31)-c1csc(n1)C[C@H](NC(=O)[C@H](C(C)C)N(C)CN1CC(N(C)C(=O)C#CC(C)(C)N3CCC3)C1)C(=O)N1CCC[C@H](N1)C(=O)OCC(C)(C)C2. The number of hydrogen-bond donors (Lipinski definition) is 2. The molecule has 0 radical (unpaired) electrons. The molecule has 7 heterocycles. The highest BCUT2D eigenvalue weighted by molar-refractivity contribution is 7.10. The normalized spacial score (nSPS) is 21.2. The van der Waals surface area contributed by atoms with Crippen LogP contribution in [0.15, 0.2) is 41.9 Å². The van der Waals surface area contributed by atoms with Crippen LogP contribution in [0.1, 0.15) is 97.0 Å². The Labute approximate surface area is 423 Å². The Morgan fingerprint density at radius 3 is 2.55 bits per heavy atom. The molecule has 17 heteroatoms. The van der Waals surface area contributed by atoms with E-state index in [1.807, 2.05) is 51.2 Å². The minimum absolute atomic E-state index is 0.0187. The highest BCUT2D eigenvalue weighted by Crippen LogP contribution is 2.42. The van der Waals surface area contributed by atoms with E-state index in [1.54, 1.807) is 18.2 Å². The summed E-state index contributed by atoms with van der Waals surface area (Å²) in [6, 6.07) is 8.25. The molecule has 4 aromatic rings. The summed E-state index contributed by atoms with van der Waals surface area (Å²) in [4.78, 5) is 74.6. The molecule has 0 aliphatic carbocycles. The first-order valence-electron chi connectivity index (χ1n) is 25.4. The summed E-state index contributed by atoms with van der Waals surface area (Å²) < 4.78 is 14.3. The first kappa shape index (κ1) is 52.1. The number of aryl methyl sites for hydroxylation is 1. The number of fused-ring (bicyclic) bond motifs is 6. The van der Waals surface area contributed by atoms with Gasteiger partial charge in [-0.3, -0.25) is 43.9 Å². The van der Waals surface area contributed by atoms with Gasteiger partial charge in [0.2, 0.25) is 5.91 Å². The fraction of sp³-hybridized carbons (Fsp3) is 0.593. The van der Waals surface area contributed by atoms with Gasteiger partial charge in [-0.1, -0.05) is 39.7 Å². The number of nitrogens with zero attached hydrogens (tertiary/aromatic N) is 8. The molecule has 0 unspecified atom stereocenters. The Kier molecular flexibility index (Phi) is 15.8. The van der Waals surface area contributed by atoms with Gasteiger partial charge in [-0.05, 0) is 102 Å². The number of esters is 1. The number of nitrogens with one attached hydrogen (secondary N) is 2. The van der Waals surface area contributed by atoms with Crippen molar-refractivity contribution in [3.63, 3.8) is 0 Å². The topological polar surface area (TPSA) is 158 Å². The van der Waals surface area contributed by atoms with Gasteiger partial charge < -0.3 is 24.3 Å². The fourth-order valence-electron chi connectivity index (χ4n) is 10.6. The summed E-state index contributed by atoms with van der Waals surface area (Å²) in [6.07, 6.45) is 4.55. The average Bonchev–Trinajstić information content (AvgIpc) is 3.90. The summed E-state index contributed by atoms with van der Waals surface area (Å²) in [6.45, 7) is 21.6. The molecule has 2 N–H and O–H groups in total. The molecule has 0 spiro atoms. The lowest BCUT2D eigenvalue weighted by Gasteiger charge is -2.46. The van der Waals surface area contributed by atoms with Crippen LogP contribution in [0.3, 0.4) is 0 Å². The number of methoxy groups -OCH3 is 1. The third-order valence-corrected chi connectivity index (χ3v) is 15.8. The number of likely N-dealkylation sites (tertiary alicyclic amines) is 2. The smallest absolute Gasteiger partial charge is 0.324 e. The maximum Gasteiger partial charge on any atom is 0.324 e. The lowest BCUT2D eigenvalue weighted by Crippen LogP contribution is -2.64. The zero-order chi connectivity index (χ0) is 50.9. The van der Waals surface area contributed by atoms with Gasteiger partial charge in [-0.2, -0.15) is 0 Å². The molecule has 8 rings (SSSR count). The highest BCUT2D eigenvalue weighted by atomic mass is 32.1. The second-order valence-corrected chi connectivity index (χ2v) is 22.6. The number of carbonyl (C=O) groups excluding carboxylic acids is 4. The maximum atomic E-state index is 14.7. The molecule has 71 heavy (non-hydrogen) atoms. The van der Waals surface area contributed by atoms with E-state index in [1.165, 1.54) is 16.3 Å². The molecule has 4 aliphatic heterocycles. The van der Waals surface area contributed by atoms with E-state index in [4.69, 9.17) is 19.4 Å². The van der Waals surface area contributed by atoms with Crippen molar-refractivity contribution in [2.75, 3.05) is 67.2 Å². The molecule has 3 aromatic heterocycles. The van der Waals surface area contributed by atoms with Crippen molar-refractivity contribution in [3.8, 4) is 34.4 Å². The van der Waals surface area contributed by atoms with E-state index in [0.717, 1.165) is 64.2 Å². The van der Waals surface area contributed by atoms with Crippen LogP contribution in [0.2, 0.25) is 0 Å². The van der Waals surface area contributed by atoms with Crippen LogP contribution in [0.4, 0.5) is 0 Å². The molecule has 3 fully saturated rings. The predicted octanol–water partition coefficient (Wildman–Crippen LogP) is 5.75. The number of benzene rings is 1. The average molecular weight is 991 g/mol. The van der Waals surface area contributed by atoms with Gasteiger partial charge in [0.05, 0.1) is 59.1 Å². The summed E-state index contributed by atoms with van der Waals surface area (Å²) in [5.41, 5.74) is 9.17. The van der Waals surface area contributed by atoms with E-state index in [9.17, 15) is 19.2 Å². The molecular formula is C54H74N10O6S. The second-order valence-electron chi connectivity index (χ2n) is 21.6. The van der Waals surface area contributed by atoms with E-state index in [0.29, 0.717) is 57.1 Å². The van der Waals surface area contributed by atoms with Gasteiger partial charge >= 0.3 is 5.97 Å². The fourth-order valence-corrected chi connectivity index (χ4v) is 11.4. The van der Waals surface area contributed by atoms with Crippen LogP contribution < -0.4 is 10.7 Å². The Bertz CT molecular complexity index is 2670. The van der Waals surface area contributed by atoms with Crippen molar-refractivity contribution in [3.05, 3.63) is 58.2 Å². The molecule has 382 valence electrons. The van der Waals surface area contributed by atoms with Crippen molar-refractivity contribution in [2.45, 2.75) is 130 Å². The van der Waals surface area contributed by atoms with Gasteiger partial charge in [-0.15, -0.1) is 11.3 Å². The summed E-state index contributed by atoms with van der Waals surface area (Å²) >= 11 is 1.46. The number of thiazole rings is 1. The minimum atomic E-state index is -0.977. The quantitative estimate of drug-likeness (QED) is 0.131. The first-order valence-corrected chi connectivity index (χ1v) is 26.3. The van der Waals surface area contributed by atoms with Crippen molar-refractivity contribution in [1.82, 2.24) is 49.9 Å². The van der Waals surface area contributed by atoms with Crippen molar-refractivity contribution >= 4 is 45.9 Å². The molecule has 3 saturated heterocycles. The molecule has 1 aromatic carbocycles. The number of amides is 3. The van der Waals surface area contributed by atoms with Crippen molar-refractivity contribution in [1.29, 1.82) is 0 Å². The Morgan fingerprint density at radius 1 is 1.10 bits per heavy atom. The molecular weight excluding hydrogens is 917 g/mol. The van der Waals surface area contributed by atoms with Crippen molar-refractivity contribution < 1.29 is 28.7 Å². The maximum absolute atomic E-state index is 14.7. The molecule has 6 bridgehead atoms. The van der Waals surface area contributed by atoms with Crippen molar-refractivity contribution in [2.24, 2.45) is 11.3 Å².